The molecule has 0 spiro atoms. The van der Waals surface area contributed by atoms with E-state index < -0.39 is 11.7 Å². The topological polar surface area (TPSA) is 77.2 Å². The number of nitrogens with two attached hydrogens (primary N) is 1. The Balaban J connectivity index is 2.62. The van der Waals surface area contributed by atoms with Crippen LogP contribution in [0.3, 0.4) is 0 Å². The van der Waals surface area contributed by atoms with Crippen molar-refractivity contribution in [3.05, 3.63) is 30.1 Å². The Morgan fingerprint density at radius 2 is 2.29 bits per heavy atom. The van der Waals surface area contributed by atoms with Crippen molar-refractivity contribution in [3.63, 3.8) is 0 Å². The van der Waals surface area contributed by atoms with Crippen LogP contribution in [0.1, 0.15) is 32.4 Å². The molecule has 0 aromatic carbocycles. The molecule has 94 valence electrons. The molecule has 1 aromatic heterocycles. The van der Waals surface area contributed by atoms with Gasteiger partial charge in [-0.3, -0.25) is 4.98 Å². The quantitative estimate of drug-likeness (QED) is 0.837. The maximum atomic E-state index is 11.6. The monoisotopic (exact) mass is 237 g/mol. The Hall–Kier alpha value is -1.62. The summed E-state index contributed by atoms with van der Waals surface area (Å²) in [6.07, 6.45) is 2.87. The van der Waals surface area contributed by atoms with Crippen LogP contribution in [0, 0.1) is 0 Å². The first kappa shape index (κ1) is 13.4. The number of pyridine rings is 1. The van der Waals surface area contributed by atoms with E-state index >= 15 is 0 Å². The molecule has 1 aromatic rings. The summed E-state index contributed by atoms with van der Waals surface area (Å²) in [5.74, 6) is 0. The standard InChI is InChI=1S/C12H19N3O2/c1-12(2,3)17-11(16)15-10(7-13)9-5-4-6-14-8-9/h4-6,8,10H,7,13H2,1-3H3,(H,15,16). The Bertz CT molecular complexity index is 360. The fourth-order valence-electron chi connectivity index (χ4n) is 1.31. The SMILES string of the molecule is CC(C)(C)OC(=O)NC(CN)c1cccnc1. The molecule has 0 bridgehead atoms. The van der Waals surface area contributed by atoms with Crippen LogP contribution in [0.2, 0.25) is 0 Å². The third kappa shape index (κ3) is 4.82. The van der Waals surface area contributed by atoms with Gasteiger partial charge in [-0.2, -0.15) is 0 Å². The van der Waals surface area contributed by atoms with Gasteiger partial charge in [0, 0.05) is 18.9 Å². The molecule has 0 aliphatic carbocycles. The first-order valence-electron chi connectivity index (χ1n) is 5.52. The molecular formula is C12H19N3O2. The van der Waals surface area contributed by atoms with Crippen molar-refractivity contribution in [1.29, 1.82) is 0 Å². The van der Waals surface area contributed by atoms with Crippen LogP contribution in [0.15, 0.2) is 24.5 Å². The third-order valence-electron chi connectivity index (χ3n) is 2.01. The third-order valence-corrected chi connectivity index (χ3v) is 2.01. The lowest BCUT2D eigenvalue weighted by Gasteiger charge is -2.23. The summed E-state index contributed by atoms with van der Waals surface area (Å²) in [6.45, 7) is 5.74. The van der Waals surface area contributed by atoms with Crippen LogP contribution in [0.4, 0.5) is 4.79 Å². The van der Waals surface area contributed by atoms with Crippen LogP contribution >= 0.6 is 0 Å². The van der Waals surface area contributed by atoms with Gasteiger partial charge >= 0.3 is 6.09 Å². The maximum absolute atomic E-state index is 11.6. The summed E-state index contributed by atoms with van der Waals surface area (Å²) in [6, 6.07) is 3.38. The summed E-state index contributed by atoms with van der Waals surface area (Å²) >= 11 is 0. The number of carbonyl (C=O) groups excluding carboxylic acids is 1. The van der Waals surface area contributed by atoms with Gasteiger partial charge in [-0.25, -0.2) is 4.79 Å². The van der Waals surface area contributed by atoms with Crippen LogP contribution in [-0.2, 0) is 4.74 Å². The van der Waals surface area contributed by atoms with Gasteiger partial charge in [-0.1, -0.05) is 6.07 Å². The lowest BCUT2D eigenvalue weighted by atomic mass is 10.1. The van der Waals surface area contributed by atoms with Crippen molar-refractivity contribution in [3.8, 4) is 0 Å². The molecular weight excluding hydrogens is 218 g/mol. The summed E-state index contributed by atoms with van der Waals surface area (Å²) in [4.78, 5) is 15.6. The number of hydrogen-bond donors (Lipinski definition) is 2. The second-order valence-corrected chi connectivity index (χ2v) is 4.72. The van der Waals surface area contributed by atoms with Crippen molar-refractivity contribution in [2.24, 2.45) is 5.73 Å². The predicted molar refractivity (Wildman–Crippen MR) is 65.4 cm³/mol. The molecule has 0 radical (unpaired) electrons. The zero-order valence-corrected chi connectivity index (χ0v) is 10.4. The molecule has 3 N–H and O–H groups in total. The second-order valence-electron chi connectivity index (χ2n) is 4.72. The maximum Gasteiger partial charge on any atom is 0.408 e. The number of rotatable bonds is 3. The van der Waals surface area contributed by atoms with E-state index in [-0.39, 0.29) is 6.04 Å². The lowest BCUT2D eigenvalue weighted by molar-refractivity contribution is 0.0505. The average molecular weight is 237 g/mol. The van der Waals surface area contributed by atoms with Gasteiger partial charge in [-0.15, -0.1) is 0 Å². The van der Waals surface area contributed by atoms with Crippen molar-refractivity contribution < 1.29 is 9.53 Å². The fraction of sp³-hybridized carbons (Fsp3) is 0.500. The van der Waals surface area contributed by atoms with Gasteiger partial charge < -0.3 is 15.8 Å². The van der Waals surface area contributed by atoms with Crippen LogP contribution in [-0.4, -0.2) is 23.2 Å². The van der Waals surface area contributed by atoms with Gasteiger partial charge in [-0.05, 0) is 32.4 Å². The molecule has 5 nitrogen and oxygen atoms in total. The number of nitrogens with zero attached hydrogens (tertiary/aromatic N) is 1. The van der Waals surface area contributed by atoms with E-state index in [0.29, 0.717) is 6.54 Å². The molecule has 17 heavy (non-hydrogen) atoms. The number of alkyl carbamates (subject to hydrolysis) is 1. The smallest absolute Gasteiger partial charge is 0.408 e. The highest BCUT2D eigenvalue weighted by atomic mass is 16.6. The number of aromatic nitrogens is 1. The fourth-order valence-corrected chi connectivity index (χ4v) is 1.31. The molecule has 5 heteroatoms. The van der Waals surface area contributed by atoms with E-state index in [4.69, 9.17) is 10.5 Å². The summed E-state index contributed by atoms with van der Waals surface area (Å²) in [5.41, 5.74) is 5.96. The Kier molecular flexibility index (Phi) is 4.45. The molecule has 1 rings (SSSR count). The number of amides is 1. The largest absolute Gasteiger partial charge is 0.444 e. The van der Waals surface area contributed by atoms with E-state index in [1.54, 1.807) is 18.5 Å². The highest BCUT2D eigenvalue weighted by molar-refractivity contribution is 5.68. The molecule has 0 saturated heterocycles. The van der Waals surface area contributed by atoms with Crippen LogP contribution < -0.4 is 11.1 Å². The second kappa shape index (κ2) is 5.63. The van der Waals surface area contributed by atoms with Crippen molar-refractivity contribution >= 4 is 6.09 Å². The van der Waals surface area contributed by atoms with Crippen LogP contribution in [0.25, 0.3) is 0 Å². The van der Waals surface area contributed by atoms with E-state index in [1.165, 1.54) is 0 Å². The van der Waals surface area contributed by atoms with Gasteiger partial charge in [0.05, 0.1) is 6.04 Å². The van der Waals surface area contributed by atoms with E-state index in [2.05, 4.69) is 10.3 Å². The van der Waals surface area contributed by atoms with Gasteiger partial charge in [0.1, 0.15) is 5.60 Å². The zero-order chi connectivity index (χ0) is 12.9. The Labute approximate surface area is 101 Å². The van der Waals surface area contributed by atoms with Crippen LogP contribution in [0.5, 0.6) is 0 Å². The number of nitrogens with one attached hydrogen (secondary N) is 1. The molecule has 0 aliphatic heterocycles. The van der Waals surface area contributed by atoms with Gasteiger partial charge in [0.2, 0.25) is 0 Å². The summed E-state index contributed by atoms with van der Waals surface area (Å²) in [7, 11) is 0. The molecule has 0 aliphatic rings. The minimum Gasteiger partial charge on any atom is -0.444 e. The highest BCUT2D eigenvalue weighted by Gasteiger charge is 2.19. The lowest BCUT2D eigenvalue weighted by Crippen LogP contribution is -2.37. The van der Waals surface area contributed by atoms with Gasteiger partial charge in [0.15, 0.2) is 0 Å². The van der Waals surface area contributed by atoms with E-state index in [0.717, 1.165) is 5.56 Å². The number of carbonyl (C=O) groups is 1. The zero-order valence-electron chi connectivity index (χ0n) is 10.4. The van der Waals surface area contributed by atoms with Gasteiger partial charge in [0.25, 0.3) is 0 Å². The molecule has 1 amide bonds. The van der Waals surface area contributed by atoms with Crippen molar-refractivity contribution in [2.45, 2.75) is 32.4 Å². The number of hydrogen-bond acceptors (Lipinski definition) is 4. The van der Waals surface area contributed by atoms with E-state index in [9.17, 15) is 4.79 Å². The number of ether oxygens (including phenoxy) is 1. The normalized spacial score (nSPS) is 12.9. The Morgan fingerprint density at radius 1 is 1.59 bits per heavy atom. The molecule has 1 unspecified atom stereocenters. The Morgan fingerprint density at radius 3 is 2.76 bits per heavy atom. The minimum absolute atomic E-state index is 0.279. The predicted octanol–water partition coefficient (Wildman–Crippen LogP) is 1.61. The highest BCUT2D eigenvalue weighted by Crippen LogP contribution is 2.12. The molecule has 0 saturated carbocycles. The summed E-state index contributed by atoms with van der Waals surface area (Å²) in [5, 5.41) is 2.71. The van der Waals surface area contributed by atoms with Crippen molar-refractivity contribution in [2.75, 3.05) is 6.54 Å². The molecule has 1 atom stereocenters. The molecule has 0 fully saturated rings. The molecule has 1 heterocycles. The summed E-state index contributed by atoms with van der Waals surface area (Å²) < 4.78 is 5.17. The van der Waals surface area contributed by atoms with E-state index in [1.807, 2.05) is 26.8 Å². The minimum atomic E-state index is -0.516. The first-order valence-corrected chi connectivity index (χ1v) is 5.52. The first-order chi connectivity index (χ1) is 7.92. The van der Waals surface area contributed by atoms with Crippen molar-refractivity contribution in [1.82, 2.24) is 10.3 Å². The average Bonchev–Trinajstić information content (AvgIpc) is 2.24.